The standard InChI is InChI=1S/C20H19N5O/c1-25-8-7-15-16(9-21)19(24)20(11-22,12-23)18(17(15)10-25)13-3-5-14(26-2)6-4-13/h3-7,16-18,24H,8,10H2,1-2H3/p+1/t16?,17-,18+/m1/s1. The number of hydrogen-bond acceptors (Lipinski definition) is 5. The van der Waals surface area contributed by atoms with Crippen molar-refractivity contribution in [1.82, 2.24) is 0 Å². The fraction of sp³-hybridized carbons (Fsp3) is 0.400. The monoisotopic (exact) mass is 346 g/mol. The Hall–Kier alpha value is -3.14. The fourth-order valence-corrected chi connectivity index (χ4v) is 4.24. The van der Waals surface area contributed by atoms with Crippen LogP contribution in [0.3, 0.4) is 0 Å². The Bertz CT molecular complexity index is 867. The Morgan fingerprint density at radius 2 is 1.85 bits per heavy atom. The number of benzene rings is 1. The van der Waals surface area contributed by atoms with Gasteiger partial charge in [0.2, 0.25) is 0 Å². The highest BCUT2D eigenvalue weighted by Gasteiger charge is 2.58. The van der Waals surface area contributed by atoms with Gasteiger partial charge in [-0.15, -0.1) is 0 Å². The van der Waals surface area contributed by atoms with Gasteiger partial charge in [0.1, 0.15) is 11.7 Å². The van der Waals surface area contributed by atoms with Crippen molar-refractivity contribution in [1.29, 1.82) is 21.2 Å². The van der Waals surface area contributed by atoms with E-state index in [0.29, 0.717) is 5.75 Å². The van der Waals surface area contributed by atoms with Gasteiger partial charge in [-0.25, -0.2) is 0 Å². The van der Waals surface area contributed by atoms with E-state index in [4.69, 9.17) is 10.1 Å². The van der Waals surface area contributed by atoms with E-state index in [9.17, 15) is 15.8 Å². The molecule has 0 aromatic heterocycles. The van der Waals surface area contributed by atoms with Crippen LogP contribution in [0.25, 0.3) is 0 Å². The number of likely N-dealkylation sites (N-methyl/N-ethyl adjacent to an activating group) is 1. The van der Waals surface area contributed by atoms with Crippen molar-refractivity contribution >= 4 is 5.71 Å². The molecule has 2 unspecified atom stereocenters. The first-order chi connectivity index (χ1) is 12.5. The molecule has 0 amide bonds. The molecule has 1 fully saturated rings. The maximum Gasteiger partial charge on any atom is 0.189 e. The average molecular weight is 346 g/mol. The molecular formula is C20H20N5O+. The van der Waals surface area contributed by atoms with Crippen LogP contribution < -0.4 is 9.64 Å². The van der Waals surface area contributed by atoms with Gasteiger partial charge in [-0.2, -0.15) is 15.8 Å². The molecule has 1 saturated carbocycles. The summed E-state index contributed by atoms with van der Waals surface area (Å²) >= 11 is 0. The molecular weight excluding hydrogens is 326 g/mol. The number of quaternary nitrogens is 1. The lowest BCUT2D eigenvalue weighted by atomic mass is 9.54. The number of nitrogens with one attached hydrogen (secondary N) is 2. The van der Waals surface area contributed by atoms with Crippen LogP contribution in [0.2, 0.25) is 0 Å². The van der Waals surface area contributed by atoms with Crippen LogP contribution in [0.15, 0.2) is 35.9 Å². The van der Waals surface area contributed by atoms with Crippen molar-refractivity contribution in [2.75, 3.05) is 27.2 Å². The van der Waals surface area contributed by atoms with Crippen LogP contribution in [-0.4, -0.2) is 33.0 Å². The summed E-state index contributed by atoms with van der Waals surface area (Å²) in [5.41, 5.74) is -0.0484. The number of fused-ring (bicyclic) bond motifs is 1. The van der Waals surface area contributed by atoms with Gasteiger partial charge in [-0.05, 0) is 29.3 Å². The molecule has 130 valence electrons. The fourth-order valence-electron chi connectivity index (χ4n) is 4.24. The minimum Gasteiger partial charge on any atom is -0.497 e. The lowest BCUT2D eigenvalue weighted by molar-refractivity contribution is -0.878. The van der Waals surface area contributed by atoms with Gasteiger partial charge in [0.05, 0.1) is 51.2 Å². The van der Waals surface area contributed by atoms with Crippen LogP contribution in [0.4, 0.5) is 0 Å². The Balaban J connectivity index is 2.22. The van der Waals surface area contributed by atoms with E-state index in [1.165, 1.54) is 4.90 Å². The Morgan fingerprint density at radius 1 is 1.19 bits per heavy atom. The Labute approximate surface area is 153 Å². The first-order valence-corrected chi connectivity index (χ1v) is 8.48. The molecule has 1 aromatic carbocycles. The molecule has 1 heterocycles. The molecule has 6 heteroatoms. The summed E-state index contributed by atoms with van der Waals surface area (Å²) < 4.78 is 5.21. The molecule has 0 bridgehead atoms. The molecule has 0 saturated heterocycles. The first kappa shape index (κ1) is 17.7. The van der Waals surface area contributed by atoms with Gasteiger partial charge in [-0.3, -0.25) is 0 Å². The molecule has 0 radical (unpaired) electrons. The number of ether oxygens (including phenoxy) is 1. The zero-order chi connectivity index (χ0) is 18.9. The van der Waals surface area contributed by atoms with Gasteiger partial charge in [0.25, 0.3) is 0 Å². The van der Waals surface area contributed by atoms with Crippen molar-refractivity contribution in [2.24, 2.45) is 17.3 Å². The zero-order valence-electron chi connectivity index (χ0n) is 14.8. The van der Waals surface area contributed by atoms with E-state index in [0.717, 1.165) is 24.2 Å². The predicted octanol–water partition coefficient (Wildman–Crippen LogP) is 1.06. The molecule has 1 aliphatic carbocycles. The normalized spacial score (nSPS) is 29.3. The molecule has 1 aromatic rings. The smallest absolute Gasteiger partial charge is 0.189 e. The van der Waals surface area contributed by atoms with Crippen molar-refractivity contribution < 1.29 is 9.64 Å². The van der Waals surface area contributed by atoms with E-state index in [-0.39, 0.29) is 11.6 Å². The maximum atomic E-state index is 9.94. The molecule has 0 spiro atoms. The minimum absolute atomic E-state index is 0.104. The summed E-state index contributed by atoms with van der Waals surface area (Å²) in [5.74, 6) is -0.727. The van der Waals surface area contributed by atoms with E-state index in [1.807, 2.05) is 18.2 Å². The number of methoxy groups -OCH3 is 1. The number of rotatable bonds is 2. The van der Waals surface area contributed by atoms with Crippen molar-refractivity contribution in [3.05, 3.63) is 41.5 Å². The predicted molar refractivity (Wildman–Crippen MR) is 94.4 cm³/mol. The van der Waals surface area contributed by atoms with Crippen LogP contribution in [-0.2, 0) is 0 Å². The van der Waals surface area contributed by atoms with Crippen molar-refractivity contribution in [3.8, 4) is 24.0 Å². The lowest BCUT2D eigenvalue weighted by Gasteiger charge is -2.46. The number of nitriles is 3. The molecule has 26 heavy (non-hydrogen) atoms. The molecule has 1 aliphatic heterocycles. The van der Waals surface area contributed by atoms with Crippen LogP contribution in [0.5, 0.6) is 5.75 Å². The van der Waals surface area contributed by atoms with Gasteiger partial charge >= 0.3 is 0 Å². The first-order valence-electron chi connectivity index (χ1n) is 8.48. The summed E-state index contributed by atoms with van der Waals surface area (Å²) in [6.45, 7) is 1.50. The van der Waals surface area contributed by atoms with Crippen LogP contribution in [0, 0.1) is 56.7 Å². The summed E-state index contributed by atoms with van der Waals surface area (Å²) in [6, 6.07) is 13.7. The van der Waals surface area contributed by atoms with Crippen LogP contribution >= 0.6 is 0 Å². The van der Waals surface area contributed by atoms with Gasteiger partial charge in [-0.1, -0.05) is 12.1 Å². The van der Waals surface area contributed by atoms with E-state index < -0.39 is 17.3 Å². The van der Waals surface area contributed by atoms with Gasteiger partial charge in [0, 0.05) is 11.8 Å². The highest BCUT2D eigenvalue weighted by Crippen LogP contribution is 2.52. The summed E-state index contributed by atoms with van der Waals surface area (Å²) in [4.78, 5) is 1.26. The van der Waals surface area contributed by atoms with Crippen molar-refractivity contribution in [2.45, 2.75) is 5.92 Å². The van der Waals surface area contributed by atoms with Gasteiger partial charge < -0.3 is 15.0 Å². The highest BCUT2D eigenvalue weighted by molar-refractivity contribution is 6.00. The summed E-state index contributed by atoms with van der Waals surface area (Å²) in [6.07, 6.45) is 2.01. The maximum absolute atomic E-state index is 9.94. The summed E-state index contributed by atoms with van der Waals surface area (Å²) in [7, 11) is 3.64. The Kier molecular flexibility index (Phi) is 4.51. The molecule has 4 atom stereocenters. The Morgan fingerprint density at radius 3 is 2.38 bits per heavy atom. The van der Waals surface area contributed by atoms with E-state index in [1.54, 1.807) is 19.2 Å². The quantitative estimate of drug-likeness (QED) is 0.780. The SMILES string of the molecule is COc1ccc([C@H]2[C@@H]3C[NH+](C)CC=C3C(C#N)C(=N)C2(C#N)C#N)cc1. The van der Waals surface area contributed by atoms with E-state index in [2.05, 4.69) is 25.3 Å². The molecule has 6 nitrogen and oxygen atoms in total. The second-order valence-electron chi connectivity index (χ2n) is 6.93. The molecule has 2 N–H and O–H groups in total. The largest absolute Gasteiger partial charge is 0.497 e. The topological polar surface area (TPSA) is 109 Å². The van der Waals surface area contributed by atoms with Crippen molar-refractivity contribution in [3.63, 3.8) is 0 Å². The van der Waals surface area contributed by atoms with Crippen LogP contribution in [0.1, 0.15) is 11.5 Å². The highest BCUT2D eigenvalue weighted by atomic mass is 16.5. The second-order valence-corrected chi connectivity index (χ2v) is 6.93. The number of hydrogen-bond donors (Lipinski definition) is 2. The van der Waals surface area contributed by atoms with E-state index >= 15 is 0 Å². The van der Waals surface area contributed by atoms with Gasteiger partial charge in [0.15, 0.2) is 5.41 Å². The molecule has 3 rings (SSSR count). The minimum atomic E-state index is -1.64. The zero-order valence-corrected chi connectivity index (χ0v) is 14.8. The third-order valence-electron chi connectivity index (χ3n) is 5.56. The molecule has 2 aliphatic rings. The number of nitrogens with zero attached hydrogens (tertiary/aromatic N) is 3. The third-order valence-corrected chi connectivity index (χ3v) is 5.56. The lowest BCUT2D eigenvalue weighted by Crippen LogP contribution is -3.10. The summed E-state index contributed by atoms with van der Waals surface area (Å²) in [5, 5.41) is 38.1. The average Bonchev–Trinajstić information content (AvgIpc) is 2.67. The third kappa shape index (κ3) is 2.46. The second kappa shape index (κ2) is 6.64.